The Kier molecular flexibility index (Phi) is 5.10. The third-order valence-corrected chi connectivity index (χ3v) is 4.39. The van der Waals surface area contributed by atoms with Crippen LogP contribution < -0.4 is 0 Å². The molecule has 0 unspecified atom stereocenters. The lowest BCUT2D eigenvalue weighted by Crippen LogP contribution is -2.26. The summed E-state index contributed by atoms with van der Waals surface area (Å²) in [5.74, 6) is -5.59. The van der Waals surface area contributed by atoms with Gasteiger partial charge in [0, 0.05) is 25.7 Å². The highest BCUT2D eigenvalue weighted by Gasteiger charge is 2.50. The molecule has 9 heteroatoms. The Morgan fingerprint density at radius 1 is 0.917 bits per heavy atom. The van der Waals surface area contributed by atoms with Crippen LogP contribution in [-0.2, 0) is 38.2 Å². The Morgan fingerprint density at radius 3 is 1.83 bits per heavy atom. The second-order valence-electron chi connectivity index (χ2n) is 5.92. The Bertz CT molecular complexity index is 596. The molecule has 0 radical (unpaired) electrons. The maximum absolute atomic E-state index is 11.0. The molecular formula is C15H16O9. The van der Waals surface area contributed by atoms with Crippen molar-refractivity contribution in [3.63, 3.8) is 0 Å². The molecule has 0 aromatic heterocycles. The van der Waals surface area contributed by atoms with E-state index in [4.69, 9.17) is 5.11 Å². The number of carbonyl (C=O) groups excluding carboxylic acids is 5. The van der Waals surface area contributed by atoms with Gasteiger partial charge in [-0.2, -0.15) is 0 Å². The third-order valence-electron chi connectivity index (χ3n) is 4.39. The minimum Gasteiger partial charge on any atom is -0.481 e. The molecule has 0 bridgehead atoms. The average molecular weight is 340 g/mol. The molecule has 130 valence electrons. The third kappa shape index (κ3) is 3.50. The first-order valence-electron chi connectivity index (χ1n) is 7.34. The van der Waals surface area contributed by atoms with E-state index in [1.807, 2.05) is 0 Å². The number of Topliss-reactive ketones (excluding diaryl/α,β-unsaturated/α-hetero) is 2. The van der Waals surface area contributed by atoms with Gasteiger partial charge < -0.3 is 14.6 Å². The number of hydrogen-bond donors (Lipinski definition) is 1. The van der Waals surface area contributed by atoms with Gasteiger partial charge in [0.2, 0.25) is 0 Å². The topological polar surface area (TPSA) is 141 Å². The van der Waals surface area contributed by atoms with Crippen molar-refractivity contribution < 1.29 is 43.3 Å². The number of methoxy groups -OCH3 is 1. The predicted octanol–water partition coefficient (Wildman–Crippen LogP) is -0.496. The lowest BCUT2D eigenvalue weighted by atomic mass is 9.97. The number of cyclic esters (lactones) is 2. The largest absolute Gasteiger partial charge is 0.481 e. The lowest BCUT2D eigenvalue weighted by molar-refractivity contribution is -0.155. The number of rotatable bonds is 2. The van der Waals surface area contributed by atoms with Gasteiger partial charge in [-0.05, 0) is 0 Å². The smallest absolute Gasteiger partial charge is 0.317 e. The molecule has 0 spiro atoms. The molecule has 2 aliphatic carbocycles. The molecule has 0 aromatic carbocycles. The summed E-state index contributed by atoms with van der Waals surface area (Å²) in [5.41, 5.74) is 0. The number of carbonyl (C=O) groups is 6. The van der Waals surface area contributed by atoms with Crippen molar-refractivity contribution >= 4 is 35.4 Å². The number of ketones is 2. The molecule has 2 saturated carbocycles. The first-order chi connectivity index (χ1) is 11.2. The zero-order valence-corrected chi connectivity index (χ0v) is 12.9. The zero-order valence-electron chi connectivity index (χ0n) is 12.9. The first kappa shape index (κ1) is 17.8. The minimum atomic E-state index is -1.11. The second kappa shape index (κ2) is 6.90. The molecule has 1 heterocycles. The molecule has 0 aromatic rings. The molecule has 3 fully saturated rings. The molecule has 9 nitrogen and oxygen atoms in total. The summed E-state index contributed by atoms with van der Waals surface area (Å²) >= 11 is 0. The van der Waals surface area contributed by atoms with Crippen molar-refractivity contribution in [2.24, 2.45) is 23.7 Å². The van der Waals surface area contributed by atoms with Gasteiger partial charge in [0.15, 0.2) is 0 Å². The predicted molar refractivity (Wildman–Crippen MR) is 73.2 cm³/mol. The van der Waals surface area contributed by atoms with Gasteiger partial charge in [-0.3, -0.25) is 28.8 Å². The first-order valence-corrected chi connectivity index (χ1v) is 7.34. The van der Waals surface area contributed by atoms with Gasteiger partial charge in [-0.25, -0.2) is 0 Å². The molecule has 3 aliphatic rings. The Labute approximate surface area is 136 Å². The molecule has 0 amide bonds. The van der Waals surface area contributed by atoms with Crippen molar-refractivity contribution in [3.05, 3.63) is 0 Å². The van der Waals surface area contributed by atoms with E-state index in [-0.39, 0.29) is 37.2 Å². The molecular weight excluding hydrogens is 324 g/mol. The monoisotopic (exact) mass is 340 g/mol. The summed E-state index contributed by atoms with van der Waals surface area (Å²) in [7, 11) is 1.18. The van der Waals surface area contributed by atoms with Crippen LogP contribution in [0.25, 0.3) is 0 Å². The lowest BCUT2D eigenvalue weighted by Gasteiger charge is -2.11. The van der Waals surface area contributed by atoms with Crippen LogP contribution >= 0.6 is 0 Å². The van der Waals surface area contributed by atoms with Crippen LogP contribution in [0.2, 0.25) is 0 Å². The maximum Gasteiger partial charge on any atom is 0.317 e. The molecule has 1 N–H and O–H groups in total. The highest BCUT2D eigenvalue weighted by molar-refractivity contribution is 6.03. The molecule has 24 heavy (non-hydrogen) atoms. The van der Waals surface area contributed by atoms with Crippen LogP contribution in [0, 0.1) is 23.7 Å². The zero-order chi connectivity index (χ0) is 18.0. The van der Waals surface area contributed by atoms with Crippen LogP contribution in [0.1, 0.15) is 25.7 Å². The Morgan fingerprint density at radius 2 is 1.38 bits per heavy atom. The number of carboxylic acids is 1. The van der Waals surface area contributed by atoms with E-state index < -0.39 is 47.5 Å². The van der Waals surface area contributed by atoms with E-state index in [9.17, 15) is 28.8 Å². The summed E-state index contributed by atoms with van der Waals surface area (Å²) in [6.07, 6.45) is 0.309. The van der Waals surface area contributed by atoms with Gasteiger partial charge in [0.05, 0.1) is 30.8 Å². The van der Waals surface area contributed by atoms with Crippen molar-refractivity contribution in [2.75, 3.05) is 7.11 Å². The van der Waals surface area contributed by atoms with E-state index in [0.717, 1.165) is 0 Å². The van der Waals surface area contributed by atoms with Crippen molar-refractivity contribution in [1.29, 1.82) is 0 Å². The van der Waals surface area contributed by atoms with E-state index in [1.165, 1.54) is 7.11 Å². The fourth-order valence-corrected chi connectivity index (χ4v) is 3.12. The van der Waals surface area contributed by atoms with Crippen molar-refractivity contribution in [1.82, 2.24) is 0 Å². The fourth-order valence-electron chi connectivity index (χ4n) is 3.12. The van der Waals surface area contributed by atoms with Crippen LogP contribution in [0.5, 0.6) is 0 Å². The molecule has 1 aliphatic heterocycles. The highest BCUT2D eigenvalue weighted by Crippen LogP contribution is 2.36. The maximum atomic E-state index is 11.0. The van der Waals surface area contributed by atoms with Gasteiger partial charge >= 0.3 is 23.9 Å². The summed E-state index contributed by atoms with van der Waals surface area (Å²) < 4.78 is 8.75. The summed E-state index contributed by atoms with van der Waals surface area (Å²) in [5, 5.41) is 8.69. The van der Waals surface area contributed by atoms with Crippen LogP contribution in [0.3, 0.4) is 0 Å². The quantitative estimate of drug-likeness (QED) is 0.520. The number of carboxylic acid groups (broad SMARTS) is 1. The highest BCUT2D eigenvalue weighted by atomic mass is 16.6. The number of esters is 3. The van der Waals surface area contributed by atoms with Crippen molar-refractivity contribution in [2.45, 2.75) is 25.7 Å². The minimum absolute atomic E-state index is 0.00926. The van der Waals surface area contributed by atoms with Gasteiger partial charge in [-0.1, -0.05) is 0 Å². The second-order valence-corrected chi connectivity index (χ2v) is 5.92. The van der Waals surface area contributed by atoms with Gasteiger partial charge in [0.1, 0.15) is 11.6 Å². The summed E-state index contributed by atoms with van der Waals surface area (Å²) in [4.78, 5) is 65.0. The molecule has 4 atom stereocenters. The summed E-state index contributed by atoms with van der Waals surface area (Å²) in [6, 6.07) is 0. The van der Waals surface area contributed by atoms with Crippen molar-refractivity contribution in [3.8, 4) is 0 Å². The number of ether oxygens (including phenoxy) is 2. The number of aliphatic carboxylic acids is 1. The normalized spacial score (nSPS) is 31.2. The average Bonchev–Trinajstić information content (AvgIpc) is 3.16. The van der Waals surface area contributed by atoms with E-state index in [2.05, 4.69) is 9.47 Å². The SMILES string of the molecule is COC(=O)[C@H]1CC(=O)C[C@H]1C(=O)O.O=C1C[C@@H]2C(=O)OC(=O)[C@@H]2C1. The van der Waals surface area contributed by atoms with Crippen LogP contribution in [0.15, 0.2) is 0 Å². The van der Waals surface area contributed by atoms with E-state index in [0.29, 0.717) is 0 Å². The molecule has 1 saturated heterocycles. The van der Waals surface area contributed by atoms with E-state index in [1.54, 1.807) is 0 Å². The Hall–Kier alpha value is -2.58. The van der Waals surface area contributed by atoms with Gasteiger partial charge in [0.25, 0.3) is 0 Å². The van der Waals surface area contributed by atoms with E-state index >= 15 is 0 Å². The number of hydrogen-bond acceptors (Lipinski definition) is 8. The Balaban J connectivity index is 0.000000175. The summed E-state index contributed by atoms with van der Waals surface area (Å²) in [6.45, 7) is 0. The van der Waals surface area contributed by atoms with Gasteiger partial charge in [-0.15, -0.1) is 0 Å². The standard InChI is InChI=1S/C8H10O5.C7H6O4/c1-13-8(12)6-3-4(9)2-5(6)7(10)11;8-3-1-4-5(2-3)7(10)11-6(4)9/h5-6H,2-3H2,1H3,(H,10,11);4-5H,1-2H2/t5-,6+;4-,5+/m1./s1. The fraction of sp³-hybridized carbons (Fsp3) is 0.600. The number of fused-ring (bicyclic) bond motifs is 1. The molecule has 3 rings (SSSR count). The van der Waals surface area contributed by atoms with Crippen LogP contribution in [-0.4, -0.2) is 47.7 Å². The van der Waals surface area contributed by atoms with Crippen LogP contribution in [0.4, 0.5) is 0 Å².